The summed E-state index contributed by atoms with van der Waals surface area (Å²) in [5, 5.41) is 3.06. The fourth-order valence-corrected chi connectivity index (χ4v) is 5.09. The Morgan fingerprint density at radius 1 is 1.11 bits per heavy atom. The normalized spacial score (nSPS) is 20.2. The number of aliphatic imine (C=N–C) groups is 1. The van der Waals surface area contributed by atoms with Gasteiger partial charge in [0.05, 0.1) is 6.04 Å². The number of urea groups is 1. The Bertz CT molecular complexity index is 1080. The number of nitrogens with one attached hydrogen (secondary N) is 1. The maximum absolute atomic E-state index is 12.9. The van der Waals surface area contributed by atoms with Gasteiger partial charge in [-0.05, 0) is 36.6 Å². The maximum Gasteiger partial charge on any atom is 0.573 e. The molecule has 0 radical (unpaired) electrons. The number of ether oxygens (including phenoxy) is 1. The largest absolute Gasteiger partial charge is 0.573 e. The van der Waals surface area contributed by atoms with Gasteiger partial charge in [-0.3, -0.25) is 14.7 Å². The van der Waals surface area contributed by atoms with Crippen molar-refractivity contribution in [2.24, 2.45) is 4.99 Å². The van der Waals surface area contributed by atoms with Crippen LogP contribution in [0.1, 0.15) is 18.1 Å². The first-order valence-corrected chi connectivity index (χ1v) is 12.0. The number of amides is 3. The molecule has 3 amide bonds. The highest BCUT2D eigenvalue weighted by Crippen LogP contribution is 2.31. The van der Waals surface area contributed by atoms with Crippen molar-refractivity contribution in [2.75, 3.05) is 19.6 Å². The Morgan fingerprint density at radius 3 is 2.51 bits per heavy atom. The van der Waals surface area contributed by atoms with Gasteiger partial charge in [0.25, 0.3) is 0 Å². The van der Waals surface area contributed by atoms with Crippen molar-refractivity contribution in [3.63, 3.8) is 0 Å². The van der Waals surface area contributed by atoms with E-state index in [1.165, 1.54) is 36.0 Å². The molecular weight excluding hydrogens is 481 g/mol. The van der Waals surface area contributed by atoms with Crippen LogP contribution in [0.25, 0.3) is 0 Å². The third-order valence-electron chi connectivity index (χ3n) is 5.65. The zero-order valence-electron chi connectivity index (χ0n) is 19.0. The number of carbonyl (C=O) groups is 2. The number of carbonyl (C=O) groups excluding carboxylic acids is 2. The molecule has 186 valence electrons. The fraction of sp³-hybridized carbons (Fsp3) is 0.375. The van der Waals surface area contributed by atoms with E-state index < -0.39 is 11.6 Å². The Labute approximate surface area is 205 Å². The van der Waals surface area contributed by atoms with Crippen LogP contribution in [-0.4, -0.2) is 64.2 Å². The molecule has 1 fully saturated rings. The van der Waals surface area contributed by atoms with Gasteiger partial charge in [-0.2, -0.15) is 0 Å². The quantitative estimate of drug-likeness (QED) is 0.615. The molecule has 11 heteroatoms. The summed E-state index contributed by atoms with van der Waals surface area (Å²) in [4.78, 5) is 33.4. The van der Waals surface area contributed by atoms with Crippen LogP contribution in [0, 0.1) is 0 Å². The summed E-state index contributed by atoms with van der Waals surface area (Å²) < 4.78 is 40.9. The van der Waals surface area contributed by atoms with Crippen molar-refractivity contribution in [1.82, 2.24) is 15.1 Å². The SMILES string of the molecule is CC1N=C(N2CCN(Cc3ccc(OC(F)(F)F)cc3)C2=O)SC1C(=O)NCCc1ccccc1. The number of halogens is 3. The topological polar surface area (TPSA) is 74.2 Å². The van der Waals surface area contributed by atoms with Crippen molar-refractivity contribution in [3.8, 4) is 5.75 Å². The lowest BCUT2D eigenvalue weighted by Gasteiger charge is -2.19. The molecule has 2 atom stereocenters. The number of alkyl halides is 3. The predicted molar refractivity (Wildman–Crippen MR) is 127 cm³/mol. The molecule has 2 aromatic carbocycles. The Hall–Kier alpha value is -3.21. The summed E-state index contributed by atoms with van der Waals surface area (Å²) in [6.07, 6.45) is -4.02. The van der Waals surface area contributed by atoms with Crippen molar-refractivity contribution < 1.29 is 27.5 Å². The van der Waals surface area contributed by atoms with E-state index >= 15 is 0 Å². The highest BCUT2D eigenvalue weighted by Gasteiger charge is 2.40. The fourth-order valence-electron chi connectivity index (χ4n) is 3.89. The second kappa shape index (κ2) is 10.6. The van der Waals surface area contributed by atoms with Gasteiger partial charge in [0.2, 0.25) is 5.91 Å². The van der Waals surface area contributed by atoms with Crippen LogP contribution >= 0.6 is 11.8 Å². The Balaban J connectivity index is 1.28. The van der Waals surface area contributed by atoms with Crippen LogP contribution in [0.5, 0.6) is 5.75 Å². The van der Waals surface area contributed by atoms with Crippen molar-refractivity contribution in [2.45, 2.75) is 37.5 Å². The Morgan fingerprint density at radius 2 is 1.83 bits per heavy atom. The number of benzene rings is 2. The summed E-state index contributed by atoms with van der Waals surface area (Å²) in [6.45, 7) is 3.49. The summed E-state index contributed by atoms with van der Waals surface area (Å²) in [6, 6.07) is 14.8. The number of amidine groups is 1. The molecule has 2 aromatic rings. The molecule has 35 heavy (non-hydrogen) atoms. The molecule has 0 aromatic heterocycles. The van der Waals surface area contributed by atoms with Gasteiger partial charge >= 0.3 is 12.4 Å². The van der Waals surface area contributed by atoms with Gasteiger partial charge in [-0.15, -0.1) is 13.2 Å². The molecule has 0 saturated carbocycles. The molecular formula is C24H25F3N4O3S. The van der Waals surface area contributed by atoms with E-state index in [1.807, 2.05) is 37.3 Å². The number of hydrogen-bond donors (Lipinski definition) is 1. The first-order chi connectivity index (χ1) is 16.7. The smallest absolute Gasteiger partial charge is 0.406 e. The van der Waals surface area contributed by atoms with Crippen LogP contribution < -0.4 is 10.1 Å². The van der Waals surface area contributed by atoms with Crippen molar-refractivity contribution in [3.05, 3.63) is 65.7 Å². The van der Waals surface area contributed by atoms with Crippen LogP contribution in [0.4, 0.5) is 18.0 Å². The summed E-state index contributed by atoms with van der Waals surface area (Å²) in [7, 11) is 0. The van der Waals surface area contributed by atoms with Gasteiger partial charge < -0.3 is 15.0 Å². The predicted octanol–water partition coefficient (Wildman–Crippen LogP) is 4.04. The Kier molecular flexibility index (Phi) is 7.54. The van der Waals surface area contributed by atoms with E-state index in [4.69, 9.17) is 0 Å². The van der Waals surface area contributed by atoms with Gasteiger partial charge in [0, 0.05) is 26.2 Å². The van der Waals surface area contributed by atoms with Gasteiger partial charge in [-0.25, -0.2) is 4.79 Å². The average Bonchev–Trinajstić information content (AvgIpc) is 3.37. The van der Waals surface area contributed by atoms with Crippen LogP contribution in [0.2, 0.25) is 0 Å². The first-order valence-electron chi connectivity index (χ1n) is 11.2. The van der Waals surface area contributed by atoms with E-state index in [9.17, 15) is 22.8 Å². The number of hydrogen-bond acceptors (Lipinski definition) is 5. The molecule has 7 nitrogen and oxygen atoms in total. The molecule has 2 aliphatic rings. The minimum atomic E-state index is -4.75. The average molecular weight is 507 g/mol. The lowest BCUT2D eigenvalue weighted by Crippen LogP contribution is -2.38. The second-order valence-corrected chi connectivity index (χ2v) is 9.37. The zero-order chi connectivity index (χ0) is 25.0. The molecule has 0 aliphatic carbocycles. The summed E-state index contributed by atoms with van der Waals surface area (Å²) in [5.74, 6) is -0.420. The van der Waals surface area contributed by atoms with Crippen molar-refractivity contribution >= 4 is 28.9 Å². The molecule has 2 unspecified atom stereocenters. The molecule has 1 saturated heterocycles. The first kappa shape index (κ1) is 24.9. The summed E-state index contributed by atoms with van der Waals surface area (Å²) in [5.41, 5.74) is 1.82. The van der Waals surface area contributed by atoms with Gasteiger partial charge in [0.15, 0.2) is 5.17 Å². The molecule has 4 rings (SSSR count). The van der Waals surface area contributed by atoms with E-state index in [0.29, 0.717) is 30.4 Å². The van der Waals surface area contributed by atoms with Gasteiger partial charge in [0.1, 0.15) is 11.0 Å². The number of rotatable bonds is 7. The lowest BCUT2D eigenvalue weighted by molar-refractivity contribution is -0.274. The highest BCUT2D eigenvalue weighted by molar-refractivity contribution is 8.15. The molecule has 0 bridgehead atoms. The maximum atomic E-state index is 12.9. The van der Waals surface area contributed by atoms with Crippen LogP contribution in [0.15, 0.2) is 59.6 Å². The standard InChI is InChI=1S/C24H25F3N4O3S/c1-16-20(21(32)28-12-11-17-5-3-2-4-6-17)35-22(29-16)31-14-13-30(23(31)33)15-18-7-9-19(10-8-18)34-24(25,26)27/h2-10,16,20H,11-15H2,1H3,(H,28,32). The number of thioether (sulfide) groups is 1. The third kappa shape index (κ3) is 6.47. The van der Waals surface area contributed by atoms with E-state index in [0.717, 1.165) is 12.0 Å². The minimum Gasteiger partial charge on any atom is -0.406 e. The van der Waals surface area contributed by atoms with E-state index in [1.54, 1.807) is 9.80 Å². The minimum absolute atomic E-state index is 0.109. The van der Waals surface area contributed by atoms with Crippen LogP contribution in [0.3, 0.4) is 0 Å². The second-order valence-electron chi connectivity index (χ2n) is 8.26. The van der Waals surface area contributed by atoms with Crippen LogP contribution in [-0.2, 0) is 17.8 Å². The molecule has 1 N–H and O–H groups in total. The van der Waals surface area contributed by atoms with E-state index in [-0.39, 0.29) is 30.3 Å². The third-order valence-corrected chi connectivity index (χ3v) is 7.05. The molecule has 0 spiro atoms. The lowest BCUT2D eigenvalue weighted by atomic mass is 10.1. The molecule has 2 heterocycles. The van der Waals surface area contributed by atoms with Gasteiger partial charge in [-0.1, -0.05) is 54.2 Å². The monoisotopic (exact) mass is 506 g/mol. The molecule has 2 aliphatic heterocycles. The number of nitrogens with zero attached hydrogens (tertiary/aromatic N) is 3. The summed E-state index contributed by atoms with van der Waals surface area (Å²) >= 11 is 1.28. The highest BCUT2D eigenvalue weighted by atomic mass is 32.2. The van der Waals surface area contributed by atoms with Crippen molar-refractivity contribution in [1.29, 1.82) is 0 Å². The van der Waals surface area contributed by atoms with E-state index in [2.05, 4.69) is 15.0 Å². The zero-order valence-corrected chi connectivity index (χ0v) is 19.8.